The summed E-state index contributed by atoms with van der Waals surface area (Å²) in [5, 5.41) is 14.3. The molecule has 2 heterocycles. The van der Waals surface area contributed by atoms with Crippen LogP contribution in [0.15, 0.2) is 60.8 Å². The predicted molar refractivity (Wildman–Crippen MR) is 110 cm³/mol. The van der Waals surface area contributed by atoms with Gasteiger partial charge in [0.05, 0.1) is 42.2 Å². The van der Waals surface area contributed by atoms with E-state index in [2.05, 4.69) is 10.3 Å². The maximum absolute atomic E-state index is 13.1. The van der Waals surface area contributed by atoms with Crippen molar-refractivity contribution in [3.63, 3.8) is 0 Å². The van der Waals surface area contributed by atoms with E-state index in [1.54, 1.807) is 60.7 Å². The van der Waals surface area contributed by atoms with E-state index in [0.717, 1.165) is 0 Å². The number of pyridine rings is 1. The molecule has 9 heteroatoms. The van der Waals surface area contributed by atoms with Gasteiger partial charge in [-0.2, -0.15) is 0 Å². The zero-order chi connectivity index (χ0) is 21.3. The molecule has 1 atom stereocenters. The lowest BCUT2D eigenvalue weighted by Gasteiger charge is -2.27. The molecule has 0 saturated carbocycles. The van der Waals surface area contributed by atoms with Crippen molar-refractivity contribution in [2.24, 2.45) is 0 Å². The van der Waals surface area contributed by atoms with Crippen LogP contribution in [-0.4, -0.2) is 30.0 Å². The highest BCUT2D eigenvalue weighted by molar-refractivity contribution is 6.11. The maximum atomic E-state index is 13.1. The number of carbonyl (C=O) groups is 1. The Kier molecular flexibility index (Phi) is 4.93. The number of amides is 1. The molecule has 0 fully saturated rings. The minimum atomic E-state index is -0.627. The molecule has 1 aromatic heterocycles. The lowest BCUT2D eigenvalue weighted by molar-refractivity contribution is -0.384. The Morgan fingerprint density at radius 2 is 1.87 bits per heavy atom. The number of methoxy groups -OCH3 is 2. The highest BCUT2D eigenvalue weighted by Crippen LogP contribution is 2.39. The van der Waals surface area contributed by atoms with Crippen LogP contribution >= 0.6 is 0 Å². The van der Waals surface area contributed by atoms with Crippen molar-refractivity contribution in [3.8, 4) is 11.5 Å². The molecule has 1 aliphatic rings. The summed E-state index contributed by atoms with van der Waals surface area (Å²) in [5.74, 6) is 0.750. The summed E-state index contributed by atoms with van der Waals surface area (Å²) in [6, 6.07) is 14.8. The van der Waals surface area contributed by atoms with Gasteiger partial charge in [-0.3, -0.25) is 24.8 Å². The summed E-state index contributed by atoms with van der Waals surface area (Å²) >= 11 is 0. The van der Waals surface area contributed by atoms with Gasteiger partial charge in [0.1, 0.15) is 11.5 Å². The number of hydrogen-bond acceptors (Lipinski definition) is 7. The molecule has 0 saturated heterocycles. The fraction of sp³-hybridized carbons (Fsp3) is 0.143. The van der Waals surface area contributed by atoms with Crippen molar-refractivity contribution in [1.82, 2.24) is 4.98 Å². The minimum Gasteiger partial charge on any atom is -0.497 e. The zero-order valence-electron chi connectivity index (χ0n) is 16.2. The Labute approximate surface area is 172 Å². The molecule has 152 valence electrons. The SMILES string of the molecule is COc1ccc(N2C(=O)c3cccnc3[C@H]2Nc2ccc([N+](=O)[O-])cc2OC)cc1. The van der Waals surface area contributed by atoms with Crippen molar-refractivity contribution in [2.45, 2.75) is 6.17 Å². The number of non-ortho nitro benzene ring substituents is 1. The minimum absolute atomic E-state index is 0.0922. The Morgan fingerprint density at radius 3 is 2.53 bits per heavy atom. The van der Waals surface area contributed by atoms with Gasteiger partial charge in [0.15, 0.2) is 6.17 Å². The number of benzene rings is 2. The number of nitro benzene ring substituents is 1. The van der Waals surface area contributed by atoms with Crippen LogP contribution in [0.3, 0.4) is 0 Å². The van der Waals surface area contributed by atoms with Crippen molar-refractivity contribution < 1.29 is 19.2 Å². The third-order valence-corrected chi connectivity index (χ3v) is 4.84. The quantitative estimate of drug-likeness (QED) is 0.490. The van der Waals surface area contributed by atoms with Gasteiger partial charge in [-0.1, -0.05) is 0 Å². The number of carbonyl (C=O) groups excluding carboxylic acids is 1. The van der Waals surface area contributed by atoms with Gasteiger partial charge >= 0.3 is 0 Å². The molecule has 3 aromatic rings. The third-order valence-electron chi connectivity index (χ3n) is 4.84. The number of fused-ring (bicyclic) bond motifs is 1. The fourth-order valence-electron chi connectivity index (χ4n) is 3.39. The van der Waals surface area contributed by atoms with Crippen LogP contribution in [0.1, 0.15) is 22.2 Å². The first kappa shape index (κ1) is 19.2. The third kappa shape index (κ3) is 3.26. The van der Waals surface area contributed by atoms with Crippen molar-refractivity contribution in [2.75, 3.05) is 24.4 Å². The summed E-state index contributed by atoms with van der Waals surface area (Å²) in [5.41, 5.74) is 2.09. The summed E-state index contributed by atoms with van der Waals surface area (Å²) in [4.78, 5) is 29.7. The largest absolute Gasteiger partial charge is 0.497 e. The topological polar surface area (TPSA) is 107 Å². The van der Waals surface area contributed by atoms with E-state index in [9.17, 15) is 14.9 Å². The number of ether oxygens (including phenoxy) is 2. The number of nitrogens with zero attached hydrogens (tertiary/aromatic N) is 3. The highest BCUT2D eigenvalue weighted by atomic mass is 16.6. The molecule has 0 unspecified atom stereocenters. The van der Waals surface area contributed by atoms with E-state index in [0.29, 0.717) is 28.4 Å². The Balaban J connectivity index is 1.76. The second-order valence-corrected chi connectivity index (χ2v) is 6.50. The molecule has 1 aliphatic heterocycles. The van der Waals surface area contributed by atoms with Gasteiger partial charge < -0.3 is 14.8 Å². The van der Waals surface area contributed by atoms with Crippen molar-refractivity contribution >= 4 is 23.0 Å². The first-order valence-corrected chi connectivity index (χ1v) is 9.05. The second kappa shape index (κ2) is 7.70. The molecule has 1 N–H and O–H groups in total. The van der Waals surface area contributed by atoms with Crippen LogP contribution in [0.4, 0.5) is 17.1 Å². The van der Waals surface area contributed by atoms with E-state index in [4.69, 9.17) is 9.47 Å². The predicted octanol–water partition coefficient (Wildman–Crippen LogP) is 3.78. The summed E-state index contributed by atoms with van der Waals surface area (Å²) in [6.45, 7) is 0. The number of rotatable bonds is 6. The summed E-state index contributed by atoms with van der Waals surface area (Å²) < 4.78 is 10.5. The van der Waals surface area contributed by atoms with Crippen LogP contribution in [0, 0.1) is 10.1 Å². The standard InChI is InChI=1S/C21H18N4O5/c1-29-15-8-5-13(6-9-15)24-20(19-16(21(24)26)4-3-11-22-19)23-17-10-7-14(25(27)28)12-18(17)30-2/h3-12,20,23H,1-2H3/t20-/m0/s1. The molecule has 9 nitrogen and oxygen atoms in total. The summed E-state index contributed by atoms with van der Waals surface area (Å²) in [6.07, 6.45) is 0.989. The van der Waals surface area contributed by atoms with Crippen molar-refractivity contribution in [1.29, 1.82) is 0 Å². The van der Waals surface area contributed by atoms with E-state index in [-0.39, 0.29) is 17.3 Å². The molecular formula is C21H18N4O5. The molecule has 0 spiro atoms. The lowest BCUT2D eigenvalue weighted by atomic mass is 10.2. The molecule has 0 radical (unpaired) electrons. The first-order valence-electron chi connectivity index (χ1n) is 9.05. The van der Waals surface area contributed by atoms with Crippen LogP contribution in [0.2, 0.25) is 0 Å². The molecule has 0 aliphatic carbocycles. The molecule has 2 aromatic carbocycles. The number of hydrogen-bond donors (Lipinski definition) is 1. The van der Waals surface area contributed by atoms with E-state index < -0.39 is 11.1 Å². The number of anilines is 2. The van der Waals surface area contributed by atoms with E-state index in [1.807, 2.05) is 0 Å². The molecule has 0 bridgehead atoms. The fourth-order valence-corrected chi connectivity index (χ4v) is 3.39. The Bertz CT molecular complexity index is 1120. The second-order valence-electron chi connectivity index (χ2n) is 6.50. The van der Waals surface area contributed by atoms with Gasteiger partial charge in [-0.25, -0.2) is 0 Å². The average molecular weight is 406 g/mol. The summed E-state index contributed by atoms with van der Waals surface area (Å²) in [7, 11) is 3.00. The van der Waals surface area contributed by atoms with Gasteiger partial charge in [0.25, 0.3) is 11.6 Å². The van der Waals surface area contributed by atoms with Gasteiger partial charge in [0, 0.05) is 18.0 Å². The molecule has 1 amide bonds. The van der Waals surface area contributed by atoms with Crippen molar-refractivity contribution in [3.05, 3.63) is 82.2 Å². The molecule has 4 rings (SSSR count). The van der Waals surface area contributed by atoms with E-state index in [1.165, 1.54) is 19.2 Å². The van der Waals surface area contributed by atoms with Gasteiger partial charge in [-0.05, 0) is 42.5 Å². The molecule has 30 heavy (non-hydrogen) atoms. The number of nitro groups is 1. The highest BCUT2D eigenvalue weighted by Gasteiger charge is 2.39. The average Bonchev–Trinajstić information content (AvgIpc) is 3.05. The zero-order valence-corrected chi connectivity index (χ0v) is 16.2. The van der Waals surface area contributed by atoms with Gasteiger partial charge in [0.2, 0.25) is 0 Å². The Hall–Kier alpha value is -4.14. The first-order chi connectivity index (χ1) is 14.5. The van der Waals surface area contributed by atoms with Crippen LogP contribution in [0.5, 0.6) is 11.5 Å². The number of aromatic nitrogens is 1. The smallest absolute Gasteiger partial charge is 0.273 e. The lowest BCUT2D eigenvalue weighted by Crippen LogP contribution is -2.32. The normalized spacial score (nSPS) is 14.9. The number of nitrogens with one attached hydrogen (secondary N) is 1. The Morgan fingerprint density at radius 1 is 1.10 bits per heavy atom. The van der Waals surface area contributed by atoms with E-state index >= 15 is 0 Å². The van der Waals surface area contributed by atoms with Crippen LogP contribution in [-0.2, 0) is 0 Å². The monoisotopic (exact) mass is 406 g/mol. The van der Waals surface area contributed by atoms with Crippen LogP contribution in [0.25, 0.3) is 0 Å². The van der Waals surface area contributed by atoms with Crippen LogP contribution < -0.4 is 19.7 Å². The maximum Gasteiger partial charge on any atom is 0.273 e. The molecular weight excluding hydrogens is 388 g/mol. The van der Waals surface area contributed by atoms with Gasteiger partial charge in [-0.15, -0.1) is 0 Å².